The van der Waals surface area contributed by atoms with Crippen molar-refractivity contribution >= 4 is 17.3 Å². The van der Waals surface area contributed by atoms with Crippen molar-refractivity contribution in [1.82, 2.24) is 5.32 Å². The summed E-state index contributed by atoms with van der Waals surface area (Å²) in [6.07, 6.45) is 0.677. The standard InChI is InChI=1S/C23H28FN3O3/c1-29-12-9-25-23(28)20-13-16-3-8-19(30-2)14-21(16)27-11-10-26(15-22(20)27)18-6-4-17(24)5-7-18/h3-8,14,20,22H,9-13,15H2,1-2H3,(H,25,28)/t20-,22-/m1/s1. The first-order valence-corrected chi connectivity index (χ1v) is 10.3. The Balaban J connectivity index is 1.62. The molecule has 30 heavy (non-hydrogen) atoms. The van der Waals surface area contributed by atoms with Crippen LogP contribution < -0.4 is 19.9 Å². The zero-order valence-corrected chi connectivity index (χ0v) is 17.4. The van der Waals surface area contributed by atoms with Crippen LogP contribution in [0.3, 0.4) is 0 Å². The summed E-state index contributed by atoms with van der Waals surface area (Å²) < 4.78 is 23.9. The number of piperazine rings is 1. The molecule has 6 nitrogen and oxygen atoms in total. The summed E-state index contributed by atoms with van der Waals surface area (Å²) in [4.78, 5) is 17.6. The monoisotopic (exact) mass is 413 g/mol. The van der Waals surface area contributed by atoms with Gasteiger partial charge in [0.2, 0.25) is 5.91 Å². The Kier molecular flexibility index (Phi) is 6.08. The number of nitrogens with zero attached hydrogens (tertiary/aromatic N) is 2. The van der Waals surface area contributed by atoms with Crippen LogP contribution >= 0.6 is 0 Å². The molecule has 7 heteroatoms. The Morgan fingerprint density at radius 1 is 1.17 bits per heavy atom. The number of rotatable bonds is 6. The summed E-state index contributed by atoms with van der Waals surface area (Å²) in [5.74, 6) is 0.443. The molecule has 1 N–H and O–H groups in total. The second-order valence-corrected chi connectivity index (χ2v) is 7.77. The fraction of sp³-hybridized carbons (Fsp3) is 0.435. The molecule has 2 aliphatic rings. The van der Waals surface area contributed by atoms with E-state index < -0.39 is 0 Å². The summed E-state index contributed by atoms with van der Waals surface area (Å²) in [6.45, 7) is 3.27. The molecule has 2 atom stereocenters. The Labute approximate surface area is 176 Å². The van der Waals surface area contributed by atoms with Crippen LogP contribution in [0.4, 0.5) is 15.8 Å². The van der Waals surface area contributed by atoms with Crippen LogP contribution in [0.2, 0.25) is 0 Å². The molecule has 0 aromatic heterocycles. The van der Waals surface area contributed by atoms with Gasteiger partial charge in [0.25, 0.3) is 0 Å². The molecule has 2 aromatic rings. The van der Waals surface area contributed by atoms with E-state index in [1.165, 1.54) is 12.1 Å². The number of anilines is 2. The zero-order valence-electron chi connectivity index (χ0n) is 17.4. The van der Waals surface area contributed by atoms with Gasteiger partial charge in [-0.3, -0.25) is 4.79 Å². The van der Waals surface area contributed by atoms with E-state index in [0.717, 1.165) is 35.8 Å². The molecule has 0 radical (unpaired) electrons. The van der Waals surface area contributed by atoms with Crippen molar-refractivity contribution < 1.29 is 18.7 Å². The number of halogens is 1. The topological polar surface area (TPSA) is 54.0 Å². The van der Waals surface area contributed by atoms with E-state index in [1.807, 2.05) is 6.07 Å². The van der Waals surface area contributed by atoms with E-state index in [1.54, 1.807) is 26.4 Å². The Hall–Kier alpha value is -2.80. The van der Waals surface area contributed by atoms with Crippen LogP contribution in [-0.4, -0.2) is 59.0 Å². The summed E-state index contributed by atoms with van der Waals surface area (Å²) in [6, 6.07) is 12.7. The molecular weight excluding hydrogens is 385 g/mol. The quantitative estimate of drug-likeness (QED) is 0.738. The summed E-state index contributed by atoms with van der Waals surface area (Å²) in [5.41, 5.74) is 3.28. The van der Waals surface area contributed by atoms with Crippen LogP contribution in [-0.2, 0) is 16.0 Å². The molecule has 1 amide bonds. The van der Waals surface area contributed by atoms with Gasteiger partial charge < -0.3 is 24.6 Å². The molecule has 1 saturated heterocycles. The highest BCUT2D eigenvalue weighted by Gasteiger charge is 2.41. The first-order valence-electron chi connectivity index (χ1n) is 10.3. The largest absolute Gasteiger partial charge is 0.497 e. The van der Waals surface area contributed by atoms with Crippen LogP contribution in [0, 0.1) is 11.7 Å². The van der Waals surface area contributed by atoms with Crippen LogP contribution in [0.1, 0.15) is 5.56 Å². The van der Waals surface area contributed by atoms with Crippen LogP contribution in [0.15, 0.2) is 42.5 Å². The predicted octanol–water partition coefficient (Wildman–Crippen LogP) is 2.46. The predicted molar refractivity (Wildman–Crippen MR) is 115 cm³/mol. The molecule has 0 aliphatic carbocycles. The Morgan fingerprint density at radius 2 is 1.97 bits per heavy atom. The number of carbonyl (C=O) groups is 1. The number of hydrogen-bond acceptors (Lipinski definition) is 5. The van der Waals surface area contributed by atoms with Crippen molar-refractivity contribution in [2.24, 2.45) is 5.92 Å². The third-order valence-corrected chi connectivity index (χ3v) is 6.06. The van der Waals surface area contributed by atoms with Gasteiger partial charge in [-0.05, 0) is 42.3 Å². The number of carbonyl (C=O) groups excluding carboxylic acids is 1. The highest BCUT2D eigenvalue weighted by molar-refractivity contribution is 5.82. The minimum atomic E-state index is -0.244. The lowest BCUT2D eigenvalue weighted by atomic mass is 9.83. The Bertz CT molecular complexity index is 890. The molecule has 2 aliphatic heterocycles. The average Bonchev–Trinajstić information content (AvgIpc) is 2.78. The first kappa shape index (κ1) is 20.5. The number of nitrogens with one attached hydrogen (secondary N) is 1. The Morgan fingerprint density at radius 3 is 2.70 bits per heavy atom. The number of hydrogen-bond donors (Lipinski definition) is 1. The average molecular weight is 413 g/mol. The molecular formula is C23H28FN3O3. The molecule has 2 aromatic carbocycles. The minimum Gasteiger partial charge on any atom is -0.497 e. The molecule has 0 unspecified atom stereocenters. The van der Waals surface area contributed by atoms with Gasteiger partial charge in [0.05, 0.1) is 25.7 Å². The van der Waals surface area contributed by atoms with Crippen molar-refractivity contribution in [2.45, 2.75) is 12.5 Å². The number of ether oxygens (including phenoxy) is 2. The lowest BCUT2D eigenvalue weighted by Gasteiger charge is -2.49. The fourth-order valence-corrected chi connectivity index (χ4v) is 4.50. The molecule has 1 fully saturated rings. The maximum absolute atomic E-state index is 13.4. The zero-order chi connectivity index (χ0) is 21.1. The van der Waals surface area contributed by atoms with Crippen LogP contribution in [0.25, 0.3) is 0 Å². The van der Waals surface area contributed by atoms with Gasteiger partial charge in [-0.25, -0.2) is 4.39 Å². The molecule has 160 valence electrons. The van der Waals surface area contributed by atoms with Gasteiger partial charge in [-0.1, -0.05) is 6.07 Å². The van der Waals surface area contributed by atoms with Gasteiger partial charge in [0.1, 0.15) is 11.6 Å². The molecule has 0 saturated carbocycles. The summed E-state index contributed by atoms with van der Waals surface area (Å²) in [5, 5.41) is 3.02. The number of fused-ring (bicyclic) bond motifs is 3. The normalized spacial score (nSPS) is 20.4. The number of methoxy groups -OCH3 is 2. The lowest BCUT2D eigenvalue weighted by molar-refractivity contribution is -0.126. The van der Waals surface area contributed by atoms with Gasteiger partial charge in [-0.2, -0.15) is 0 Å². The van der Waals surface area contributed by atoms with Crippen molar-refractivity contribution in [1.29, 1.82) is 0 Å². The smallest absolute Gasteiger partial charge is 0.225 e. The van der Waals surface area contributed by atoms with Crippen molar-refractivity contribution in [3.63, 3.8) is 0 Å². The highest BCUT2D eigenvalue weighted by Crippen LogP contribution is 2.38. The van der Waals surface area contributed by atoms with Gasteiger partial charge >= 0.3 is 0 Å². The second kappa shape index (κ2) is 8.92. The van der Waals surface area contributed by atoms with Crippen LogP contribution in [0.5, 0.6) is 5.75 Å². The van der Waals surface area contributed by atoms with Crippen molar-refractivity contribution in [3.05, 3.63) is 53.8 Å². The summed E-state index contributed by atoms with van der Waals surface area (Å²) >= 11 is 0. The van der Waals surface area contributed by atoms with Gasteiger partial charge in [0.15, 0.2) is 0 Å². The SMILES string of the molecule is COCCNC(=O)[C@@H]1Cc2ccc(OC)cc2N2CCN(c3ccc(F)cc3)C[C@H]12. The fourth-order valence-electron chi connectivity index (χ4n) is 4.50. The van der Waals surface area contributed by atoms with Gasteiger partial charge in [-0.15, -0.1) is 0 Å². The first-order chi connectivity index (χ1) is 14.6. The van der Waals surface area contributed by atoms with E-state index in [9.17, 15) is 9.18 Å². The lowest BCUT2D eigenvalue weighted by Crippen LogP contribution is -2.61. The van der Waals surface area contributed by atoms with E-state index in [0.29, 0.717) is 26.1 Å². The molecule has 2 heterocycles. The minimum absolute atomic E-state index is 0.0194. The molecule has 0 bridgehead atoms. The second-order valence-electron chi connectivity index (χ2n) is 7.77. The van der Waals surface area contributed by atoms with E-state index in [2.05, 4.69) is 27.2 Å². The third kappa shape index (κ3) is 4.07. The molecule has 0 spiro atoms. The number of amides is 1. The van der Waals surface area contributed by atoms with Crippen molar-refractivity contribution in [3.8, 4) is 5.75 Å². The highest BCUT2D eigenvalue weighted by atomic mass is 19.1. The summed E-state index contributed by atoms with van der Waals surface area (Å²) in [7, 11) is 3.29. The third-order valence-electron chi connectivity index (χ3n) is 6.06. The van der Waals surface area contributed by atoms with E-state index in [4.69, 9.17) is 9.47 Å². The van der Waals surface area contributed by atoms with Crippen molar-refractivity contribution in [2.75, 3.05) is 56.8 Å². The maximum Gasteiger partial charge on any atom is 0.225 e. The van der Waals surface area contributed by atoms with E-state index in [-0.39, 0.29) is 23.7 Å². The number of benzene rings is 2. The van der Waals surface area contributed by atoms with E-state index >= 15 is 0 Å². The maximum atomic E-state index is 13.4. The van der Waals surface area contributed by atoms with Gasteiger partial charge in [0, 0.05) is 50.7 Å². The molecule has 4 rings (SSSR count).